The van der Waals surface area contributed by atoms with Crippen molar-refractivity contribution < 1.29 is 23.7 Å². The van der Waals surface area contributed by atoms with Crippen molar-refractivity contribution >= 4 is 23.1 Å². The fraction of sp³-hybridized carbons (Fsp3) is 0.667. The van der Waals surface area contributed by atoms with E-state index in [0.29, 0.717) is 11.2 Å². The molecule has 2 saturated heterocycles. The number of fused-ring (bicyclic) bond motifs is 2. The Morgan fingerprint density at radius 1 is 1.32 bits per heavy atom. The molecule has 2 fully saturated rings. The molecule has 31 heavy (non-hydrogen) atoms. The van der Waals surface area contributed by atoms with Crippen LogP contribution in [-0.4, -0.2) is 61.9 Å². The maximum Gasteiger partial charge on any atom is 0.413 e. The molecule has 2 aromatic rings. The second kappa shape index (κ2) is 7.61. The van der Waals surface area contributed by atoms with E-state index in [2.05, 4.69) is 30.3 Å². The zero-order chi connectivity index (χ0) is 22.4. The summed E-state index contributed by atoms with van der Waals surface area (Å²) in [5, 5.41) is 6.23. The van der Waals surface area contributed by atoms with E-state index in [0.717, 1.165) is 0 Å². The Morgan fingerprint density at radius 3 is 2.77 bits per heavy atom. The minimum Gasteiger partial charge on any atom is -0.444 e. The van der Waals surface area contributed by atoms with Crippen molar-refractivity contribution in [3.8, 4) is 0 Å². The van der Waals surface area contributed by atoms with Crippen LogP contribution in [0.25, 0.3) is 21.6 Å². The summed E-state index contributed by atoms with van der Waals surface area (Å²) in [6.45, 7) is 9.02. The number of imidazole rings is 1. The van der Waals surface area contributed by atoms with Gasteiger partial charge in [0.05, 0.1) is 19.0 Å². The van der Waals surface area contributed by atoms with Gasteiger partial charge in [0, 0.05) is 4.91 Å². The van der Waals surface area contributed by atoms with Crippen molar-refractivity contribution in [3.63, 3.8) is 0 Å². The second-order valence-corrected chi connectivity index (χ2v) is 8.72. The summed E-state index contributed by atoms with van der Waals surface area (Å²) in [5.74, 6) is -0.608. The van der Waals surface area contributed by atoms with Crippen LogP contribution in [0.3, 0.4) is 0 Å². The zero-order valence-corrected chi connectivity index (χ0v) is 17.8. The summed E-state index contributed by atoms with van der Waals surface area (Å²) in [5.41, 5.74) is 8.83. The lowest BCUT2D eigenvalue weighted by atomic mass is 10.1. The van der Waals surface area contributed by atoms with E-state index in [-0.39, 0.29) is 12.4 Å². The summed E-state index contributed by atoms with van der Waals surface area (Å²) >= 11 is 0. The molecule has 2 aliphatic rings. The number of nitrogens with zero attached hydrogens (tertiary/aromatic N) is 7. The van der Waals surface area contributed by atoms with Crippen LogP contribution < -0.4 is 5.32 Å². The van der Waals surface area contributed by atoms with Crippen molar-refractivity contribution in [1.29, 1.82) is 0 Å². The van der Waals surface area contributed by atoms with Gasteiger partial charge in [-0.15, -0.1) is 0 Å². The molecule has 1 unspecified atom stereocenters. The molecule has 1 amide bonds. The van der Waals surface area contributed by atoms with Gasteiger partial charge in [0.1, 0.15) is 24.1 Å². The lowest BCUT2D eigenvalue weighted by Crippen LogP contribution is -2.31. The van der Waals surface area contributed by atoms with E-state index in [1.165, 1.54) is 12.7 Å². The predicted octanol–water partition coefficient (Wildman–Crippen LogP) is 2.90. The first kappa shape index (κ1) is 21.2. The average molecular weight is 432 g/mol. The fourth-order valence-corrected chi connectivity index (χ4v) is 3.68. The SMILES string of the molecule is CC(C)(C)OC(=O)Nc1ncnc2c1ncn2[C@@H]1O[C@H](CN=[N+]=[N-])[C@@H]2OC(C)(C)OC21. The third-order valence-corrected chi connectivity index (χ3v) is 4.70. The number of rotatable bonds is 4. The summed E-state index contributed by atoms with van der Waals surface area (Å²) in [4.78, 5) is 27.8. The Hall–Kier alpha value is -2.99. The van der Waals surface area contributed by atoms with Gasteiger partial charge in [0.15, 0.2) is 29.0 Å². The van der Waals surface area contributed by atoms with Crippen LogP contribution in [0.4, 0.5) is 10.6 Å². The lowest BCUT2D eigenvalue weighted by Gasteiger charge is -2.24. The molecule has 0 spiro atoms. The summed E-state index contributed by atoms with van der Waals surface area (Å²) < 4.78 is 25.1. The van der Waals surface area contributed by atoms with Crippen LogP contribution in [-0.2, 0) is 18.9 Å². The van der Waals surface area contributed by atoms with Crippen LogP contribution in [0.1, 0.15) is 40.8 Å². The third kappa shape index (κ3) is 4.26. The molecule has 2 aliphatic heterocycles. The van der Waals surface area contributed by atoms with Gasteiger partial charge in [0.25, 0.3) is 0 Å². The first-order valence-electron chi connectivity index (χ1n) is 9.77. The number of carbonyl (C=O) groups is 1. The van der Waals surface area contributed by atoms with Gasteiger partial charge < -0.3 is 18.9 Å². The Labute approximate surface area is 177 Å². The Morgan fingerprint density at radius 2 is 2.06 bits per heavy atom. The molecule has 4 atom stereocenters. The molecule has 166 valence electrons. The van der Waals surface area contributed by atoms with E-state index in [4.69, 9.17) is 24.5 Å². The minimum atomic E-state index is -0.819. The number of ether oxygens (including phenoxy) is 4. The average Bonchev–Trinajstić information content (AvgIpc) is 3.30. The molecule has 0 radical (unpaired) electrons. The minimum absolute atomic E-state index is 0.0979. The highest BCUT2D eigenvalue weighted by Gasteiger charge is 2.55. The highest BCUT2D eigenvalue weighted by Crippen LogP contribution is 2.44. The summed E-state index contributed by atoms with van der Waals surface area (Å²) in [7, 11) is 0. The molecular formula is C18H24N8O5. The van der Waals surface area contributed by atoms with Gasteiger partial charge in [0.2, 0.25) is 0 Å². The van der Waals surface area contributed by atoms with Crippen molar-refractivity contribution in [2.24, 2.45) is 5.11 Å². The lowest BCUT2D eigenvalue weighted by molar-refractivity contribution is -0.195. The van der Waals surface area contributed by atoms with Crippen molar-refractivity contribution in [2.75, 3.05) is 11.9 Å². The molecule has 0 aliphatic carbocycles. The number of hydrogen-bond acceptors (Lipinski definition) is 9. The normalized spacial score (nSPS) is 27.0. The first-order chi connectivity index (χ1) is 14.6. The van der Waals surface area contributed by atoms with Gasteiger partial charge in [-0.25, -0.2) is 19.7 Å². The largest absolute Gasteiger partial charge is 0.444 e. The first-order valence-corrected chi connectivity index (χ1v) is 9.77. The van der Waals surface area contributed by atoms with E-state index in [1.807, 2.05) is 13.8 Å². The standard InChI is InChI=1S/C18H24N8O5/c1-17(2,3)31-16(27)24-13-10-14(21-7-20-13)26(8-22-10)15-12-11(29-18(4,5)30-12)9(28-15)6-23-25-19/h7-9,11-12,15H,6H2,1-5H3,(H,20,21,24,27)/t9-,11+,12?,15-/m1/s1. The number of aromatic nitrogens is 4. The van der Waals surface area contributed by atoms with Crippen LogP contribution in [0.2, 0.25) is 0 Å². The van der Waals surface area contributed by atoms with E-state index in [9.17, 15) is 4.79 Å². The highest BCUT2D eigenvalue weighted by molar-refractivity contribution is 5.93. The fourth-order valence-electron chi connectivity index (χ4n) is 3.68. The molecule has 4 rings (SSSR count). The van der Waals surface area contributed by atoms with E-state index >= 15 is 0 Å². The van der Waals surface area contributed by atoms with Crippen molar-refractivity contribution in [3.05, 3.63) is 23.1 Å². The number of azide groups is 1. The van der Waals surface area contributed by atoms with Gasteiger partial charge in [-0.2, -0.15) is 0 Å². The molecule has 0 aromatic carbocycles. The summed E-state index contributed by atoms with van der Waals surface area (Å²) in [6, 6.07) is 0. The van der Waals surface area contributed by atoms with E-state index in [1.54, 1.807) is 25.3 Å². The molecular weight excluding hydrogens is 408 g/mol. The van der Waals surface area contributed by atoms with Crippen LogP contribution in [0, 0.1) is 0 Å². The van der Waals surface area contributed by atoms with Crippen molar-refractivity contribution in [2.45, 2.75) is 70.5 Å². The van der Waals surface area contributed by atoms with Gasteiger partial charge in [-0.05, 0) is 40.1 Å². The van der Waals surface area contributed by atoms with Crippen LogP contribution in [0.5, 0.6) is 0 Å². The van der Waals surface area contributed by atoms with Crippen molar-refractivity contribution in [1.82, 2.24) is 19.5 Å². The maximum absolute atomic E-state index is 12.2. The Bertz CT molecular complexity index is 1040. The third-order valence-electron chi connectivity index (χ3n) is 4.70. The molecule has 2 aromatic heterocycles. The monoisotopic (exact) mass is 432 g/mol. The van der Waals surface area contributed by atoms with Crippen LogP contribution in [0.15, 0.2) is 17.8 Å². The molecule has 0 saturated carbocycles. The maximum atomic E-state index is 12.2. The highest BCUT2D eigenvalue weighted by atomic mass is 16.8. The molecule has 13 heteroatoms. The number of nitrogens with one attached hydrogen (secondary N) is 1. The van der Waals surface area contributed by atoms with Crippen LogP contribution >= 0.6 is 0 Å². The molecule has 0 bridgehead atoms. The van der Waals surface area contributed by atoms with Gasteiger partial charge in [-0.3, -0.25) is 9.88 Å². The van der Waals surface area contributed by atoms with Gasteiger partial charge >= 0.3 is 6.09 Å². The van der Waals surface area contributed by atoms with E-state index < -0.39 is 42.0 Å². The second-order valence-electron chi connectivity index (χ2n) is 8.72. The smallest absolute Gasteiger partial charge is 0.413 e. The molecule has 1 N–H and O–H groups in total. The summed E-state index contributed by atoms with van der Waals surface area (Å²) in [6.07, 6.45) is 0.181. The number of amides is 1. The number of hydrogen-bond donors (Lipinski definition) is 1. The van der Waals surface area contributed by atoms with Gasteiger partial charge in [-0.1, -0.05) is 5.11 Å². The predicted molar refractivity (Wildman–Crippen MR) is 107 cm³/mol. The molecule has 13 nitrogen and oxygen atoms in total. The number of carbonyl (C=O) groups excluding carboxylic acids is 1. The quantitative estimate of drug-likeness (QED) is 0.438. The topological polar surface area (TPSA) is 158 Å². The molecule has 4 heterocycles. The zero-order valence-electron chi connectivity index (χ0n) is 17.8. The Balaban J connectivity index is 1.64. The Kier molecular flexibility index (Phi) is 5.21. The number of anilines is 1.